The van der Waals surface area contributed by atoms with Crippen molar-refractivity contribution in [3.05, 3.63) is 22.5 Å². The van der Waals surface area contributed by atoms with Crippen molar-refractivity contribution < 1.29 is 33.8 Å². The highest BCUT2D eigenvalue weighted by molar-refractivity contribution is 6.06. The Bertz CT molecular complexity index is 639. The summed E-state index contributed by atoms with van der Waals surface area (Å²) in [5.74, 6) is -4.18. The van der Waals surface area contributed by atoms with E-state index >= 15 is 0 Å². The third-order valence-corrected chi connectivity index (χ3v) is 3.88. The summed E-state index contributed by atoms with van der Waals surface area (Å²) in [7, 11) is 0. The van der Waals surface area contributed by atoms with E-state index in [4.69, 9.17) is 14.6 Å². The number of hydrogen-bond donors (Lipinski definition) is 3. The van der Waals surface area contributed by atoms with Crippen LogP contribution in [-0.2, 0) is 28.7 Å². The first kappa shape index (κ1) is 22.2. The van der Waals surface area contributed by atoms with Crippen LogP contribution in [0.4, 0.5) is 0 Å². The predicted octanol–water partition coefficient (Wildman–Crippen LogP) is 0.861. The third-order valence-electron chi connectivity index (χ3n) is 3.88. The Labute approximate surface area is 157 Å². The number of rotatable bonds is 9. The van der Waals surface area contributed by atoms with E-state index in [1.165, 1.54) is 0 Å². The topological polar surface area (TPSA) is 131 Å². The molecule has 0 atom stereocenters. The molecule has 1 amide bonds. The van der Waals surface area contributed by atoms with Crippen LogP contribution in [0.25, 0.3) is 0 Å². The molecule has 0 bridgehead atoms. The molecule has 1 aliphatic rings. The van der Waals surface area contributed by atoms with E-state index in [0.29, 0.717) is 11.4 Å². The van der Waals surface area contributed by atoms with Crippen molar-refractivity contribution in [3.8, 4) is 0 Å². The number of carboxylic acid groups (broad SMARTS) is 1. The van der Waals surface area contributed by atoms with E-state index < -0.39 is 29.7 Å². The summed E-state index contributed by atoms with van der Waals surface area (Å²) >= 11 is 0. The summed E-state index contributed by atoms with van der Waals surface area (Å²) in [4.78, 5) is 48.2. The van der Waals surface area contributed by atoms with Gasteiger partial charge in [0.05, 0.1) is 24.4 Å². The quantitative estimate of drug-likeness (QED) is 0.395. The fourth-order valence-corrected chi connectivity index (χ4v) is 2.77. The molecule has 9 nitrogen and oxygen atoms in total. The van der Waals surface area contributed by atoms with Gasteiger partial charge in [-0.1, -0.05) is 0 Å². The van der Waals surface area contributed by atoms with Crippen molar-refractivity contribution >= 4 is 23.8 Å². The van der Waals surface area contributed by atoms with E-state index in [1.807, 2.05) is 0 Å². The minimum absolute atomic E-state index is 0.0289. The van der Waals surface area contributed by atoms with Crippen molar-refractivity contribution in [1.29, 1.82) is 0 Å². The first-order valence-electron chi connectivity index (χ1n) is 8.76. The van der Waals surface area contributed by atoms with Gasteiger partial charge in [0, 0.05) is 24.4 Å². The standard InChI is InChI=1S/C18H26N2O7/c1-5-26-17(24)13-10(3)20-11(4)14(18(25)27-6-2)15(13)16(23)19-9-7-8-12(21)22/h15,20H,5-9H2,1-4H3,(H,19,23)(H,21,22). The smallest absolute Gasteiger partial charge is 0.336 e. The molecule has 27 heavy (non-hydrogen) atoms. The van der Waals surface area contributed by atoms with E-state index in [-0.39, 0.29) is 43.7 Å². The molecule has 3 N–H and O–H groups in total. The van der Waals surface area contributed by atoms with Crippen LogP contribution < -0.4 is 10.6 Å². The average molecular weight is 382 g/mol. The van der Waals surface area contributed by atoms with Crippen LogP contribution in [0.5, 0.6) is 0 Å². The molecule has 0 aromatic rings. The van der Waals surface area contributed by atoms with Gasteiger partial charge in [0.1, 0.15) is 5.92 Å². The molecule has 0 saturated heterocycles. The first-order valence-corrected chi connectivity index (χ1v) is 8.76. The lowest BCUT2D eigenvalue weighted by atomic mass is 9.84. The number of aliphatic carboxylic acids is 1. The fraction of sp³-hybridized carbons (Fsp3) is 0.556. The highest BCUT2D eigenvalue weighted by Gasteiger charge is 2.41. The van der Waals surface area contributed by atoms with Crippen LogP contribution >= 0.6 is 0 Å². The van der Waals surface area contributed by atoms with Crippen molar-refractivity contribution in [2.45, 2.75) is 40.5 Å². The molecule has 1 rings (SSSR count). The van der Waals surface area contributed by atoms with E-state index in [9.17, 15) is 19.2 Å². The lowest BCUT2D eigenvalue weighted by molar-refractivity contribution is -0.142. The maximum absolute atomic E-state index is 12.8. The maximum Gasteiger partial charge on any atom is 0.336 e. The average Bonchev–Trinajstić information content (AvgIpc) is 2.57. The maximum atomic E-state index is 12.8. The first-order chi connectivity index (χ1) is 12.7. The Morgan fingerprint density at radius 2 is 1.48 bits per heavy atom. The van der Waals surface area contributed by atoms with Crippen LogP contribution in [0.3, 0.4) is 0 Å². The monoisotopic (exact) mass is 382 g/mol. The van der Waals surface area contributed by atoms with Crippen molar-refractivity contribution in [1.82, 2.24) is 10.6 Å². The van der Waals surface area contributed by atoms with Gasteiger partial charge in [-0.05, 0) is 34.1 Å². The molecular formula is C18H26N2O7. The highest BCUT2D eigenvalue weighted by atomic mass is 16.5. The number of carbonyl (C=O) groups is 4. The SMILES string of the molecule is CCOC(=O)C1=C(C)NC(C)=C(C(=O)OCC)C1C(=O)NCCCC(=O)O. The Hall–Kier alpha value is -2.84. The number of carbonyl (C=O) groups excluding carboxylic acids is 3. The summed E-state index contributed by atoms with van der Waals surface area (Å²) < 4.78 is 10.1. The zero-order chi connectivity index (χ0) is 20.6. The van der Waals surface area contributed by atoms with Crippen molar-refractivity contribution in [3.63, 3.8) is 0 Å². The Morgan fingerprint density at radius 3 is 1.89 bits per heavy atom. The lowest BCUT2D eigenvalue weighted by Crippen LogP contribution is -2.42. The van der Waals surface area contributed by atoms with Crippen LogP contribution in [0.1, 0.15) is 40.5 Å². The van der Waals surface area contributed by atoms with Gasteiger partial charge in [0.25, 0.3) is 0 Å². The largest absolute Gasteiger partial charge is 0.481 e. The molecule has 0 spiro atoms. The molecule has 0 radical (unpaired) electrons. The molecule has 0 saturated carbocycles. The van der Waals surface area contributed by atoms with Crippen molar-refractivity contribution in [2.75, 3.05) is 19.8 Å². The van der Waals surface area contributed by atoms with Gasteiger partial charge in [-0.2, -0.15) is 0 Å². The number of carboxylic acids is 1. The summed E-state index contributed by atoms with van der Waals surface area (Å²) in [5.41, 5.74) is 0.872. The molecule has 0 aromatic carbocycles. The fourth-order valence-electron chi connectivity index (χ4n) is 2.77. The van der Waals surface area contributed by atoms with E-state index in [0.717, 1.165) is 0 Å². The number of amides is 1. The summed E-state index contributed by atoms with van der Waals surface area (Å²) in [6, 6.07) is 0. The van der Waals surface area contributed by atoms with Gasteiger partial charge in [-0.25, -0.2) is 9.59 Å². The van der Waals surface area contributed by atoms with E-state index in [2.05, 4.69) is 10.6 Å². The molecule has 0 unspecified atom stereocenters. The van der Waals surface area contributed by atoms with Gasteiger partial charge in [-0.15, -0.1) is 0 Å². The number of allylic oxidation sites excluding steroid dienone is 2. The number of hydrogen-bond acceptors (Lipinski definition) is 7. The minimum atomic E-state index is -1.20. The third kappa shape index (κ3) is 5.83. The molecule has 1 heterocycles. The molecule has 1 aliphatic heterocycles. The number of ether oxygens (including phenoxy) is 2. The summed E-state index contributed by atoms with van der Waals surface area (Å²) in [6.07, 6.45) is 0.118. The zero-order valence-corrected chi connectivity index (χ0v) is 16.0. The van der Waals surface area contributed by atoms with Gasteiger partial charge in [-0.3, -0.25) is 9.59 Å². The molecule has 9 heteroatoms. The molecule has 0 aromatic heterocycles. The normalized spacial score (nSPS) is 14.5. The minimum Gasteiger partial charge on any atom is -0.481 e. The number of dihydropyridines is 1. The second kappa shape index (κ2) is 10.3. The van der Waals surface area contributed by atoms with Gasteiger partial charge < -0.3 is 25.2 Å². The number of esters is 2. The Balaban J connectivity index is 3.19. The zero-order valence-electron chi connectivity index (χ0n) is 16.0. The number of nitrogens with one attached hydrogen (secondary N) is 2. The molecule has 0 aliphatic carbocycles. The lowest BCUT2D eigenvalue weighted by Gasteiger charge is -2.29. The van der Waals surface area contributed by atoms with Crippen LogP contribution in [-0.4, -0.2) is 48.7 Å². The Kier molecular flexibility index (Phi) is 8.50. The van der Waals surface area contributed by atoms with Crippen LogP contribution in [0.2, 0.25) is 0 Å². The van der Waals surface area contributed by atoms with Crippen LogP contribution in [0, 0.1) is 5.92 Å². The van der Waals surface area contributed by atoms with Gasteiger partial charge in [0.15, 0.2) is 0 Å². The summed E-state index contributed by atoms with van der Waals surface area (Å²) in [6.45, 7) is 6.82. The van der Waals surface area contributed by atoms with E-state index in [1.54, 1.807) is 27.7 Å². The van der Waals surface area contributed by atoms with Gasteiger partial charge >= 0.3 is 17.9 Å². The Morgan fingerprint density at radius 1 is 1.00 bits per heavy atom. The molecule has 0 fully saturated rings. The molecule has 150 valence electrons. The highest BCUT2D eigenvalue weighted by Crippen LogP contribution is 2.31. The predicted molar refractivity (Wildman–Crippen MR) is 95.2 cm³/mol. The van der Waals surface area contributed by atoms with Gasteiger partial charge in [0.2, 0.25) is 5.91 Å². The molecular weight excluding hydrogens is 356 g/mol. The second-order valence-electron chi connectivity index (χ2n) is 5.86. The van der Waals surface area contributed by atoms with Crippen LogP contribution in [0.15, 0.2) is 22.5 Å². The van der Waals surface area contributed by atoms with Crippen molar-refractivity contribution in [2.24, 2.45) is 5.92 Å². The second-order valence-corrected chi connectivity index (χ2v) is 5.86. The summed E-state index contributed by atoms with van der Waals surface area (Å²) in [5, 5.41) is 14.2.